The third kappa shape index (κ3) is 4.81. The first-order chi connectivity index (χ1) is 13.7. The Labute approximate surface area is 175 Å². The molecule has 1 aromatic carbocycles. The number of nitrogens with zero attached hydrogens (tertiary/aromatic N) is 2. The van der Waals surface area contributed by atoms with Crippen LogP contribution in [0.1, 0.15) is 33.4 Å². The second-order valence-electron chi connectivity index (χ2n) is 7.31. The number of anilines is 1. The van der Waals surface area contributed by atoms with Crippen molar-refractivity contribution < 1.29 is 4.74 Å². The molecule has 3 heterocycles. The van der Waals surface area contributed by atoms with Crippen LogP contribution in [0.4, 0.5) is 5.69 Å². The molecule has 1 N–H and O–H groups in total. The number of aryl methyl sites for hydroxylation is 2. The molecule has 0 bridgehead atoms. The molecule has 1 atom stereocenters. The molecule has 3 aromatic rings. The number of hydrogen-bond donors (Lipinski definition) is 1. The Morgan fingerprint density at radius 3 is 2.71 bits per heavy atom. The predicted molar refractivity (Wildman–Crippen MR) is 119 cm³/mol. The first-order valence-corrected chi connectivity index (χ1v) is 11.6. The number of rotatable bonds is 7. The number of hydrogen-bond acceptors (Lipinski definition) is 6. The molecule has 0 spiro atoms. The van der Waals surface area contributed by atoms with E-state index in [1.807, 2.05) is 0 Å². The van der Waals surface area contributed by atoms with Crippen molar-refractivity contribution in [2.24, 2.45) is 0 Å². The minimum Gasteiger partial charge on any atom is -0.378 e. The lowest BCUT2D eigenvalue weighted by Crippen LogP contribution is -2.36. The van der Waals surface area contributed by atoms with Gasteiger partial charge in [-0.25, -0.2) is 4.98 Å². The Kier molecular flexibility index (Phi) is 6.42. The van der Waals surface area contributed by atoms with E-state index in [-0.39, 0.29) is 6.04 Å². The molecule has 0 radical (unpaired) electrons. The molecule has 1 fully saturated rings. The molecular formula is C22H27N3OS2. The van der Waals surface area contributed by atoms with E-state index >= 15 is 0 Å². The van der Waals surface area contributed by atoms with Crippen LogP contribution in [0.15, 0.2) is 40.4 Å². The third-order valence-electron chi connectivity index (χ3n) is 5.20. The number of morpholine rings is 1. The van der Waals surface area contributed by atoms with Crippen LogP contribution in [0, 0.1) is 13.8 Å². The summed E-state index contributed by atoms with van der Waals surface area (Å²) in [5.74, 6) is 0. The number of thiophene rings is 1. The van der Waals surface area contributed by atoms with E-state index in [1.54, 1.807) is 22.7 Å². The van der Waals surface area contributed by atoms with Crippen LogP contribution in [0.3, 0.4) is 0 Å². The number of benzene rings is 1. The molecule has 0 saturated carbocycles. The summed E-state index contributed by atoms with van der Waals surface area (Å²) in [5.41, 5.74) is 6.45. The van der Waals surface area contributed by atoms with E-state index in [0.29, 0.717) is 0 Å². The molecule has 0 aliphatic carbocycles. The Balaban J connectivity index is 1.45. The summed E-state index contributed by atoms with van der Waals surface area (Å²) in [6, 6.07) is 9.27. The Bertz CT molecular complexity index is 885. The Morgan fingerprint density at radius 1 is 1.18 bits per heavy atom. The van der Waals surface area contributed by atoms with Crippen LogP contribution >= 0.6 is 22.7 Å². The summed E-state index contributed by atoms with van der Waals surface area (Å²) in [4.78, 5) is 7.15. The lowest BCUT2D eigenvalue weighted by atomic mass is 10.1. The summed E-state index contributed by atoms with van der Waals surface area (Å²) in [5, 5.41) is 11.5. The van der Waals surface area contributed by atoms with Gasteiger partial charge in [0.1, 0.15) is 5.01 Å². The predicted octanol–water partition coefficient (Wildman–Crippen LogP) is 4.73. The molecule has 28 heavy (non-hydrogen) atoms. The van der Waals surface area contributed by atoms with Gasteiger partial charge >= 0.3 is 0 Å². The van der Waals surface area contributed by atoms with E-state index in [9.17, 15) is 0 Å². The lowest BCUT2D eigenvalue weighted by molar-refractivity contribution is 0.122. The maximum Gasteiger partial charge on any atom is 0.110 e. The fourth-order valence-electron chi connectivity index (χ4n) is 3.55. The van der Waals surface area contributed by atoms with Gasteiger partial charge < -0.3 is 15.0 Å². The van der Waals surface area contributed by atoms with Gasteiger partial charge in [0.25, 0.3) is 0 Å². The molecule has 1 aliphatic heterocycles. The standard InChI is InChI=1S/C22H27N3OS2/c1-16-11-20(25-6-8-26-9-7-25)4-3-19(16)13-23-21(12-18-5-10-27-15-18)22-24-17(2)14-28-22/h3-5,10-11,14-15,21,23H,6-9,12-13H2,1-2H3. The highest BCUT2D eigenvalue weighted by atomic mass is 32.1. The largest absolute Gasteiger partial charge is 0.378 e. The van der Waals surface area contributed by atoms with Crippen molar-refractivity contribution in [3.05, 3.63) is 67.8 Å². The van der Waals surface area contributed by atoms with Gasteiger partial charge in [0, 0.05) is 36.4 Å². The van der Waals surface area contributed by atoms with Crippen LogP contribution in [-0.2, 0) is 17.7 Å². The van der Waals surface area contributed by atoms with E-state index in [0.717, 1.165) is 45.0 Å². The number of aromatic nitrogens is 1. The van der Waals surface area contributed by atoms with Gasteiger partial charge in [-0.15, -0.1) is 11.3 Å². The maximum absolute atomic E-state index is 5.47. The number of ether oxygens (including phenoxy) is 1. The van der Waals surface area contributed by atoms with Crippen molar-refractivity contribution in [3.8, 4) is 0 Å². The summed E-state index contributed by atoms with van der Waals surface area (Å²) >= 11 is 3.51. The zero-order valence-corrected chi connectivity index (χ0v) is 18.1. The van der Waals surface area contributed by atoms with Crippen LogP contribution < -0.4 is 10.2 Å². The van der Waals surface area contributed by atoms with Crippen LogP contribution in [0.5, 0.6) is 0 Å². The van der Waals surface area contributed by atoms with Crippen molar-refractivity contribution in [2.75, 3.05) is 31.2 Å². The van der Waals surface area contributed by atoms with E-state index in [2.05, 4.69) is 64.5 Å². The number of thiazole rings is 1. The van der Waals surface area contributed by atoms with Gasteiger partial charge in [0.2, 0.25) is 0 Å². The van der Waals surface area contributed by atoms with Crippen molar-refractivity contribution in [1.29, 1.82) is 0 Å². The van der Waals surface area contributed by atoms with E-state index in [4.69, 9.17) is 9.72 Å². The van der Waals surface area contributed by atoms with Crippen LogP contribution in [0.25, 0.3) is 0 Å². The van der Waals surface area contributed by atoms with Crippen LogP contribution in [0.2, 0.25) is 0 Å². The fraction of sp³-hybridized carbons (Fsp3) is 0.409. The van der Waals surface area contributed by atoms with Crippen molar-refractivity contribution >= 4 is 28.4 Å². The second-order valence-corrected chi connectivity index (χ2v) is 8.98. The molecule has 4 rings (SSSR count). The second kappa shape index (κ2) is 9.18. The first-order valence-electron chi connectivity index (χ1n) is 9.78. The molecule has 148 valence electrons. The highest BCUT2D eigenvalue weighted by Gasteiger charge is 2.17. The fourth-order valence-corrected chi connectivity index (χ4v) is 5.11. The normalized spacial score (nSPS) is 15.7. The molecule has 6 heteroatoms. The highest BCUT2D eigenvalue weighted by molar-refractivity contribution is 7.09. The Hall–Kier alpha value is -1.73. The minimum atomic E-state index is 0.242. The highest BCUT2D eigenvalue weighted by Crippen LogP contribution is 2.25. The van der Waals surface area contributed by atoms with Gasteiger partial charge in [-0.2, -0.15) is 11.3 Å². The smallest absolute Gasteiger partial charge is 0.110 e. The summed E-state index contributed by atoms with van der Waals surface area (Å²) in [6.07, 6.45) is 0.974. The van der Waals surface area contributed by atoms with Gasteiger partial charge in [-0.3, -0.25) is 0 Å². The molecular weight excluding hydrogens is 386 g/mol. The van der Waals surface area contributed by atoms with Crippen molar-refractivity contribution in [2.45, 2.75) is 32.9 Å². The minimum absolute atomic E-state index is 0.242. The maximum atomic E-state index is 5.47. The van der Waals surface area contributed by atoms with Crippen molar-refractivity contribution in [3.63, 3.8) is 0 Å². The summed E-state index contributed by atoms with van der Waals surface area (Å²) < 4.78 is 5.47. The molecule has 1 aliphatic rings. The average Bonchev–Trinajstić information content (AvgIpc) is 3.38. The zero-order chi connectivity index (χ0) is 19.3. The quantitative estimate of drug-likeness (QED) is 0.607. The first kappa shape index (κ1) is 19.6. The molecule has 0 amide bonds. The molecule has 2 aromatic heterocycles. The lowest BCUT2D eigenvalue weighted by Gasteiger charge is -2.29. The van der Waals surface area contributed by atoms with Crippen molar-refractivity contribution in [1.82, 2.24) is 10.3 Å². The number of nitrogens with one attached hydrogen (secondary N) is 1. The molecule has 4 nitrogen and oxygen atoms in total. The zero-order valence-electron chi connectivity index (χ0n) is 16.5. The summed E-state index contributed by atoms with van der Waals surface area (Å²) in [7, 11) is 0. The SMILES string of the molecule is Cc1csc(C(Cc2ccsc2)NCc2ccc(N3CCOCC3)cc2C)n1. The monoisotopic (exact) mass is 413 g/mol. The Morgan fingerprint density at radius 2 is 2.04 bits per heavy atom. The van der Waals surface area contributed by atoms with E-state index in [1.165, 1.54) is 27.4 Å². The average molecular weight is 414 g/mol. The van der Waals surface area contributed by atoms with E-state index < -0.39 is 0 Å². The topological polar surface area (TPSA) is 37.4 Å². The van der Waals surface area contributed by atoms with Gasteiger partial charge in [-0.1, -0.05) is 6.07 Å². The van der Waals surface area contributed by atoms with Crippen LogP contribution in [-0.4, -0.2) is 31.3 Å². The van der Waals surface area contributed by atoms with Gasteiger partial charge in [0.15, 0.2) is 0 Å². The van der Waals surface area contributed by atoms with Gasteiger partial charge in [0.05, 0.1) is 19.3 Å². The molecule has 1 unspecified atom stereocenters. The molecule has 1 saturated heterocycles. The third-order valence-corrected chi connectivity index (χ3v) is 7.00. The van der Waals surface area contributed by atoms with Gasteiger partial charge in [-0.05, 0) is 65.9 Å². The summed E-state index contributed by atoms with van der Waals surface area (Å²) in [6.45, 7) is 8.72.